The molecule has 34 heavy (non-hydrogen) atoms. The Labute approximate surface area is 200 Å². The molecule has 174 valence electrons. The summed E-state index contributed by atoms with van der Waals surface area (Å²) in [4.78, 5) is 12.6. The third kappa shape index (κ3) is 5.37. The molecule has 2 aromatic heterocycles. The van der Waals surface area contributed by atoms with Crippen molar-refractivity contribution in [2.45, 2.75) is 6.54 Å². The van der Waals surface area contributed by atoms with Gasteiger partial charge in [-0.3, -0.25) is 9.88 Å². The molecule has 2 aliphatic heterocycles. The number of anilines is 1. The van der Waals surface area contributed by atoms with Crippen LogP contribution in [-0.2, 0) is 11.3 Å². The Hall–Kier alpha value is -3.44. The van der Waals surface area contributed by atoms with Gasteiger partial charge in [0.15, 0.2) is 0 Å². The van der Waals surface area contributed by atoms with Crippen LogP contribution in [0.25, 0.3) is 23.4 Å². The molecule has 2 N–H and O–H groups in total. The van der Waals surface area contributed by atoms with Crippen molar-refractivity contribution in [1.29, 1.82) is 5.26 Å². The van der Waals surface area contributed by atoms with E-state index in [2.05, 4.69) is 67.6 Å². The van der Waals surface area contributed by atoms with E-state index in [1.807, 2.05) is 24.4 Å². The van der Waals surface area contributed by atoms with Crippen LogP contribution in [0.4, 0.5) is 5.82 Å². The lowest BCUT2D eigenvalue weighted by atomic mass is 10.1. The van der Waals surface area contributed by atoms with Crippen LogP contribution >= 0.6 is 0 Å². The number of morpholine rings is 1. The summed E-state index contributed by atoms with van der Waals surface area (Å²) in [6, 6.07) is 17.0. The molecule has 0 saturated carbocycles. The molecule has 0 aliphatic carbocycles. The minimum absolute atomic E-state index is 0.683. The molecule has 2 aliphatic rings. The first-order chi connectivity index (χ1) is 16.8. The van der Waals surface area contributed by atoms with Gasteiger partial charge in [-0.2, -0.15) is 5.26 Å². The van der Waals surface area contributed by atoms with Crippen molar-refractivity contribution in [3.8, 4) is 17.3 Å². The molecule has 0 unspecified atom stereocenters. The number of aromatic amines is 1. The fourth-order valence-electron chi connectivity index (χ4n) is 4.46. The van der Waals surface area contributed by atoms with Gasteiger partial charge in [0.1, 0.15) is 11.9 Å². The van der Waals surface area contributed by atoms with Gasteiger partial charge >= 0.3 is 0 Å². The molecule has 0 radical (unpaired) electrons. The smallest absolute Gasteiger partial charge is 0.124 e. The van der Waals surface area contributed by atoms with E-state index >= 15 is 0 Å². The van der Waals surface area contributed by atoms with Crippen molar-refractivity contribution in [1.82, 2.24) is 20.2 Å². The van der Waals surface area contributed by atoms with E-state index in [1.54, 1.807) is 0 Å². The molecule has 0 bridgehead atoms. The number of benzene rings is 1. The zero-order valence-electron chi connectivity index (χ0n) is 19.3. The van der Waals surface area contributed by atoms with Gasteiger partial charge in [0.2, 0.25) is 0 Å². The highest BCUT2D eigenvalue weighted by atomic mass is 16.5. The first kappa shape index (κ1) is 22.4. The van der Waals surface area contributed by atoms with Gasteiger partial charge in [-0.25, -0.2) is 0 Å². The largest absolute Gasteiger partial charge is 0.379 e. The first-order valence-electron chi connectivity index (χ1n) is 11.9. The number of hydrogen-bond donors (Lipinski definition) is 2. The molecule has 2 fully saturated rings. The maximum atomic E-state index is 9.64. The summed E-state index contributed by atoms with van der Waals surface area (Å²) >= 11 is 0. The normalized spacial score (nSPS) is 17.2. The Balaban J connectivity index is 1.28. The van der Waals surface area contributed by atoms with Crippen LogP contribution in [0, 0.1) is 11.3 Å². The maximum Gasteiger partial charge on any atom is 0.124 e. The Morgan fingerprint density at radius 2 is 1.79 bits per heavy atom. The number of nitrogens with zero attached hydrogens (tertiary/aromatic N) is 4. The molecule has 7 heteroatoms. The molecular formula is C27H30N6O. The highest BCUT2D eigenvalue weighted by Gasteiger charge is 2.18. The molecule has 0 atom stereocenters. The standard InChI is InChI=1S/C27H30N6O/c28-19-24-18-26(31-27(24)33-11-9-29-10-12-33)23-7-8-30-25(17-23)6-5-21-1-3-22(4-2-21)20-32-13-15-34-16-14-32/h1-8,17-18,29,31H,9-16,20H2/b6-5+. The van der Waals surface area contributed by atoms with E-state index < -0.39 is 0 Å². The van der Waals surface area contributed by atoms with Crippen LogP contribution in [0.15, 0.2) is 48.7 Å². The molecular weight excluding hydrogens is 424 g/mol. The fourth-order valence-corrected chi connectivity index (χ4v) is 4.46. The lowest BCUT2D eigenvalue weighted by Crippen LogP contribution is -2.44. The van der Waals surface area contributed by atoms with E-state index in [0.717, 1.165) is 87.4 Å². The molecule has 0 amide bonds. The monoisotopic (exact) mass is 454 g/mol. The lowest BCUT2D eigenvalue weighted by Gasteiger charge is -2.28. The second kappa shape index (κ2) is 10.7. The van der Waals surface area contributed by atoms with E-state index in [4.69, 9.17) is 4.74 Å². The third-order valence-electron chi connectivity index (χ3n) is 6.38. The maximum absolute atomic E-state index is 9.64. The quantitative estimate of drug-likeness (QED) is 0.595. The minimum atomic E-state index is 0.683. The van der Waals surface area contributed by atoms with E-state index in [0.29, 0.717) is 5.56 Å². The summed E-state index contributed by atoms with van der Waals surface area (Å²) < 4.78 is 5.43. The Morgan fingerprint density at radius 3 is 2.56 bits per heavy atom. The van der Waals surface area contributed by atoms with Crippen molar-refractivity contribution in [2.24, 2.45) is 0 Å². The van der Waals surface area contributed by atoms with Crippen molar-refractivity contribution >= 4 is 18.0 Å². The summed E-state index contributed by atoms with van der Waals surface area (Å²) in [5.41, 5.74) is 5.99. The first-order valence-corrected chi connectivity index (χ1v) is 11.9. The predicted octanol–water partition coefficient (Wildman–Crippen LogP) is 3.36. The van der Waals surface area contributed by atoms with Gasteiger partial charge in [0, 0.05) is 63.3 Å². The van der Waals surface area contributed by atoms with Crippen molar-refractivity contribution in [3.63, 3.8) is 0 Å². The lowest BCUT2D eigenvalue weighted by molar-refractivity contribution is 0.0342. The Morgan fingerprint density at radius 1 is 1.00 bits per heavy atom. The van der Waals surface area contributed by atoms with E-state index in [1.165, 1.54) is 5.56 Å². The van der Waals surface area contributed by atoms with Crippen LogP contribution in [0.2, 0.25) is 0 Å². The fraction of sp³-hybridized carbons (Fsp3) is 0.333. The van der Waals surface area contributed by atoms with E-state index in [9.17, 15) is 5.26 Å². The van der Waals surface area contributed by atoms with E-state index in [-0.39, 0.29) is 0 Å². The van der Waals surface area contributed by atoms with Crippen LogP contribution in [0.3, 0.4) is 0 Å². The zero-order chi connectivity index (χ0) is 23.2. The third-order valence-corrected chi connectivity index (χ3v) is 6.38. The molecule has 3 aromatic rings. The number of rotatable bonds is 6. The molecule has 4 heterocycles. The van der Waals surface area contributed by atoms with Crippen LogP contribution in [0.5, 0.6) is 0 Å². The SMILES string of the molecule is N#Cc1cc(-c2ccnc(/C=C/c3ccc(CN4CCOCC4)cc3)c2)[nH]c1N1CCNCC1. The summed E-state index contributed by atoms with van der Waals surface area (Å²) in [6.45, 7) is 8.25. The van der Waals surface area contributed by atoms with Crippen molar-refractivity contribution < 1.29 is 4.74 Å². The minimum Gasteiger partial charge on any atom is -0.379 e. The summed E-state index contributed by atoms with van der Waals surface area (Å²) in [5, 5.41) is 13.0. The summed E-state index contributed by atoms with van der Waals surface area (Å²) in [5.74, 6) is 0.907. The number of nitrogens with one attached hydrogen (secondary N) is 2. The van der Waals surface area contributed by atoms with Gasteiger partial charge in [-0.05, 0) is 35.4 Å². The number of ether oxygens (including phenoxy) is 1. The molecule has 1 aromatic carbocycles. The number of pyridine rings is 1. The van der Waals surface area contributed by atoms with Gasteiger partial charge in [-0.1, -0.05) is 30.3 Å². The van der Waals surface area contributed by atoms with Gasteiger partial charge in [0.05, 0.1) is 24.5 Å². The van der Waals surface area contributed by atoms with Gasteiger partial charge < -0.3 is 19.9 Å². The van der Waals surface area contributed by atoms with Crippen molar-refractivity contribution in [2.75, 3.05) is 57.4 Å². The average molecular weight is 455 g/mol. The topological polar surface area (TPSA) is 80.2 Å². The van der Waals surface area contributed by atoms with Crippen LogP contribution in [-0.4, -0.2) is 67.4 Å². The molecule has 7 nitrogen and oxygen atoms in total. The number of H-pyrrole nitrogens is 1. The summed E-state index contributed by atoms with van der Waals surface area (Å²) in [6.07, 6.45) is 5.94. The Kier molecular flexibility index (Phi) is 7.01. The number of nitriles is 1. The van der Waals surface area contributed by atoms with Gasteiger partial charge in [-0.15, -0.1) is 0 Å². The second-order valence-electron chi connectivity index (χ2n) is 8.73. The van der Waals surface area contributed by atoms with Crippen LogP contribution < -0.4 is 10.2 Å². The number of hydrogen-bond acceptors (Lipinski definition) is 6. The highest BCUT2D eigenvalue weighted by Crippen LogP contribution is 2.28. The molecule has 2 saturated heterocycles. The average Bonchev–Trinajstić information content (AvgIpc) is 3.34. The summed E-state index contributed by atoms with van der Waals surface area (Å²) in [7, 11) is 0. The highest BCUT2D eigenvalue weighted by molar-refractivity contribution is 5.73. The van der Waals surface area contributed by atoms with Crippen LogP contribution in [0.1, 0.15) is 22.4 Å². The Bertz CT molecular complexity index is 1160. The van der Waals surface area contributed by atoms with Gasteiger partial charge in [0.25, 0.3) is 0 Å². The van der Waals surface area contributed by atoms with Crippen molar-refractivity contribution in [3.05, 3.63) is 71.0 Å². The predicted molar refractivity (Wildman–Crippen MR) is 135 cm³/mol. The second-order valence-corrected chi connectivity index (χ2v) is 8.73. The number of aromatic nitrogens is 2. The molecule has 0 spiro atoms. The molecule has 5 rings (SSSR count). The zero-order valence-corrected chi connectivity index (χ0v) is 19.3. The number of piperazine rings is 1.